The van der Waals surface area contributed by atoms with E-state index in [1.54, 1.807) is 6.92 Å². The quantitative estimate of drug-likeness (QED) is 0.886. The van der Waals surface area contributed by atoms with Gasteiger partial charge in [0, 0.05) is 5.56 Å². The van der Waals surface area contributed by atoms with E-state index in [1.165, 1.54) is 29.2 Å². The van der Waals surface area contributed by atoms with Gasteiger partial charge >= 0.3 is 0 Å². The van der Waals surface area contributed by atoms with Gasteiger partial charge in [-0.15, -0.1) is 0 Å². The van der Waals surface area contributed by atoms with E-state index in [9.17, 15) is 14.0 Å². The highest BCUT2D eigenvalue weighted by Crippen LogP contribution is 2.32. The lowest BCUT2D eigenvalue weighted by atomic mass is 10.1. The van der Waals surface area contributed by atoms with E-state index < -0.39 is 11.9 Å². The molecule has 1 aliphatic heterocycles. The van der Waals surface area contributed by atoms with Crippen molar-refractivity contribution >= 4 is 23.1 Å². The monoisotopic (exact) mass is 312 g/mol. The summed E-state index contributed by atoms with van der Waals surface area (Å²) >= 11 is 0. The minimum absolute atomic E-state index is 0.0629. The van der Waals surface area contributed by atoms with Crippen LogP contribution in [0.5, 0.6) is 0 Å². The van der Waals surface area contributed by atoms with Gasteiger partial charge in [0.1, 0.15) is 11.9 Å². The maximum absolute atomic E-state index is 13.0. The summed E-state index contributed by atoms with van der Waals surface area (Å²) in [6.45, 7) is 3.67. The Bertz CT molecular complexity index is 771. The third-order valence-corrected chi connectivity index (χ3v) is 3.92. The average Bonchev–Trinajstić information content (AvgIpc) is 2.52. The van der Waals surface area contributed by atoms with E-state index >= 15 is 0 Å². The van der Waals surface area contributed by atoms with Crippen LogP contribution in [0.15, 0.2) is 42.5 Å². The molecule has 0 aliphatic carbocycles. The van der Waals surface area contributed by atoms with Crippen molar-refractivity contribution in [1.82, 2.24) is 0 Å². The first-order chi connectivity index (χ1) is 11.0. The highest BCUT2D eigenvalue weighted by Gasteiger charge is 2.31. The Labute approximate surface area is 133 Å². The molecule has 1 amide bonds. The van der Waals surface area contributed by atoms with Crippen LogP contribution in [0.4, 0.5) is 15.8 Å². The Hall–Kier alpha value is -2.69. The fourth-order valence-electron chi connectivity index (χ4n) is 2.68. The molecule has 1 aliphatic rings. The minimum atomic E-state index is -0.398. The van der Waals surface area contributed by atoms with Crippen LogP contribution in [0.25, 0.3) is 0 Å². The summed E-state index contributed by atoms with van der Waals surface area (Å²) in [5.74, 6) is -0.773. The van der Waals surface area contributed by atoms with Crippen LogP contribution in [0.3, 0.4) is 0 Å². The molecule has 5 heteroatoms. The number of benzene rings is 2. The summed E-state index contributed by atoms with van der Waals surface area (Å²) in [5, 5.41) is 3.15. The number of anilines is 2. The summed E-state index contributed by atoms with van der Waals surface area (Å²) in [4.78, 5) is 26.3. The van der Waals surface area contributed by atoms with Crippen LogP contribution in [0.2, 0.25) is 0 Å². The fraction of sp³-hybridized carbons (Fsp3) is 0.222. The number of hydrogen-bond donors (Lipinski definition) is 1. The molecule has 23 heavy (non-hydrogen) atoms. The first-order valence-corrected chi connectivity index (χ1v) is 7.43. The molecule has 1 heterocycles. The van der Waals surface area contributed by atoms with Gasteiger partial charge in [0.15, 0.2) is 5.78 Å². The van der Waals surface area contributed by atoms with Crippen molar-refractivity contribution in [1.29, 1.82) is 0 Å². The number of nitrogens with one attached hydrogen (secondary N) is 1. The van der Waals surface area contributed by atoms with Crippen molar-refractivity contribution in [3.8, 4) is 0 Å². The topological polar surface area (TPSA) is 49.4 Å². The number of halogens is 1. The lowest BCUT2D eigenvalue weighted by Crippen LogP contribution is -2.47. The molecule has 1 N–H and O–H groups in total. The van der Waals surface area contributed by atoms with Gasteiger partial charge in [0.2, 0.25) is 5.91 Å². The van der Waals surface area contributed by atoms with E-state index in [2.05, 4.69) is 5.32 Å². The molecule has 118 valence electrons. The number of carbonyl (C=O) groups excluding carboxylic acids is 2. The SMILES string of the molecule is Cc1ccc2c(c1)NC(C)C(=O)N2CC(=O)c1ccc(F)cc1. The number of aryl methyl sites for hydroxylation is 1. The predicted molar refractivity (Wildman–Crippen MR) is 87.3 cm³/mol. The van der Waals surface area contributed by atoms with Gasteiger partial charge in [-0.1, -0.05) is 6.07 Å². The molecular formula is C18H17FN2O2. The van der Waals surface area contributed by atoms with Gasteiger partial charge in [0.05, 0.1) is 17.9 Å². The molecule has 0 radical (unpaired) electrons. The molecule has 0 fully saturated rings. The molecular weight excluding hydrogens is 295 g/mol. The Kier molecular flexibility index (Phi) is 3.86. The molecule has 0 aromatic heterocycles. The number of fused-ring (bicyclic) bond motifs is 1. The third kappa shape index (κ3) is 2.95. The smallest absolute Gasteiger partial charge is 0.249 e. The second-order valence-corrected chi connectivity index (χ2v) is 5.74. The Morgan fingerprint density at radius 3 is 2.61 bits per heavy atom. The van der Waals surface area contributed by atoms with Gasteiger partial charge < -0.3 is 10.2 Å². The van der Waals surface area contributed by atoms with E-state index in [0.717, 1.165) is 11.3 Å². The number of hydrogen-bond acceptors (Lipinski definition) is 3. The molecule has 0 bridgehead atoms. The second-order valence-electron chi connectivity index (χ2n) is 5.74. The number of rotatable bonds is 3. The van der Waals surface area contributed by atoms with Crippen molar-refractivity contribution < 1.29 is 14.0 Å². The molecule has 0 spiro atoms. The maximum Gasteiger partial charge on any atom is 0.249 e. The Balaban J connectivity index is 1.91. The number of carbonyl (C=O) groups is 2. The lowest BCUT2D eigenvalue weighted by Gasteiger charge is -2.33. The standard InChI is InChI=1S/C18H17FN2O2/c1-11-3-8-16-15(9-11)20-12(2)18(23)21(16)10-17(22)13-4-6-14(19)7-5-13/h3-9,12,20H,10H2,1-2H3. The normalized spacial score (nSPS) is 16.7. The Morgan fingerprint density at radius 2 is 1.91 bits per heavy atom. The fourth-order valence-corrected chi connectivity index (χ4v) is 2.68. The molecule has 4 nitrogen and oxygen atoms in total. The first kappa shape index (κ1) is 15.2. The predicted octanol–water partition coefficient (Wildman–Crippen LogP) is 3.16. The first-order valence-electron chi connectivity index (χ1n) is 7.43. The summed E-state index contributed by atoms with van der Waals surface area (Å²) < 4.78 is 13.0. The third-order valence-electron chi connectivity index (χ3n) is 3.92. The summed E-state index contributed by atoms with van der Waals surface area (Å²) in [6, 6.07) is 10.6. The summed E-state index contributed by atoms with van der Waals surface area (Å²) in [5.41, 5.74) is 2.99. The van der Waals surface area contributed by atoms with Crippen molar-refractivity contribution in [3.63, 3.8) is 0 Å². The van der Waals surface area contributed by atoms with Gasteiger partial charge in [-0.3, -0.25) is 9.59 Å². The van der Waals surface area contributed by atoms with Gasteiger partial charge in [-0.2, -0.15) is 0 Å². The second kappa shape index (κ2) is 5.83. The lowest BCUT2D eigenvalue weighted by molar-refractivity contribution is -0.119. The summed E-state index contributed by atoms with van der Waals surface area (Å²) in [6.07, 6.45) is 0. The number of ketones is 1. The molecule has 3 rings (SSSR count). The van der Waals surface area contributed by atoms with Crippen molar-refractivity contribution in [3.05, 3.63) is 59.4 Å². The van der Waals surface area contributed by atoms with E-state index in [4.69, 9.17) is 0 Å². The van der Waals surface area contributed by atoms with Gasteiger partial charge in [-0.05, 0) is 55.8 Å². The number of nitrogens with zero attached hydrogens (tertiary/aromatic N) is 1. The van der Waals surface area contributed by atoms with Crippen LogP contribution >= 0.6 is 0 Å². The zero-order valence-corrected chi connectivity index (χ0v) is 13.0. The molecule has 1 unspecified atom stereocenters. The number of Topliss-reactive ketones (excluding diaryl/α,β-unsaturated/α-hetero) is 1. The minimum Gasteiger partial charge on any atom is -0.372 e. The maximum atomic E-state index is 13.0. The van der Waals surface area contributed by atoms with Gasteiger partial charge in [-0.25, -0.2) is 4.39 Å². The van der Waals surface area contributed by atoms with E-state index in [1.807, 2.05) is 25.1 Å². The molecule has 2 aromatic rings. The van der Waals surface area contributed by atoms with Crippen molar-refractivity contribution in [2.45, 2.75) is 19.9 Å². The van der Waals surface area contributed by atoms with Crippen LogP contribution < -0.4 is 10.2 Å². The number of amides is 1. The molecule has 0 saturated heterocycles. The van der Waals surface area contributed by atoms with Gasteiger partial charge in [0.25, 0.3) is 0 Å². The Morgan fingerprint density at radius 1 is 1.22 bits per heavy atom. The molecule has 2 aromatic carbocycles. The highest BCUT2D eigenvalue weighted by molar-refractivity contribution is 6.10. The van der Waals surface area contributed by atoms with Crippen LogP contribution in [0, 0.1) is 12.7 Å². The largest absolute Gasteiger partial charge is 0.372 e. The van der Waals surface area contributed by atoms with Crippen LogP contribution in [-0.4, -0.2) is 24.3 Å². The van der Waals surface area contributed by atoms with E-state index in [0.29, 0.717) is 11.3 Å². The highest BCUT2D eigenvalue weighted by atomic mass is 19.1. The average molecular weight is 312 g/mol. The molecule has 1 atom stereocenters. The van der Waals surface area contributed by atoms with E-state index in [-0.39, 0.29) is 18.2 Å². The molecule has 0 saturated carbocycles. The zero-order valence-electron chi connectivity index (χ0n) is 13.0. The summed E-state index contributed by atoms with van der Waals surface area (Å²) in [7, 11) is 0. The van der Waals surface area contributed by atoms with Crippen molar-refractivity contribution in [2.75, 3.05) is 16.8 Å². The zero-order chi connectivity index (χ0) is 16.6. The van der Waals surface area contributed by atoms with Crippen LogP contribution in [-0.2, 0) is 4.79 Å². The van der Waals surface area contributed by atoms with Crippen LogP contribution in [0.1, 0.15) is 22.8 Å². The van der Waals surface area contributed by atoms with Crippen molar-refractivity contribution in [2.24, 2.45) is 0 Å².